The van der Waals surface area contributed by atoms with E-state index < -0.39 is 0 Å². The quantitative estimate of drug-likeness (QED) is 0.794. The van der Waals surface area contributed by atoms with Crippen LogP contribution in [0.25, 0.3) is 11.0 Å². The maximum atomic E-state index is 6.34. The van der Waals surface area contributed by atoms with E-state index in [4.69, 9.17) is 16.6 Å². The Balaban J connectivity index is 1.96. The van der Waals surface area contributed by atoms with E-state index in [1.165, 1.54) is 31.4 Å². The molecule has 4 heteroatoms. The van der Waals surface area contributed by atoms with Gasteiger partial charge in [0.25, 0.3) is 0 Å². The molecule has 2 atom stereocenters. The van der Waals surface area contributed by atoms with Crippen molar-refractivity contribution < 1.29 is 0 Å². The number of hydrogen-bond acceptors (Lipinski definition) is 2. The molecule has 2 heterocycles. The second-order valence-corrected chi connectivity index (χ2v) is 6.46. The fourth-order valence-electron chi connectivity index (χ4n) is 3.23. The van der Waals surface area contributed by atoms with Crippen LogP contribution in [0.15, 0.2) is 24.3 Å². The van der Waals surface area contributed by atoms with Gasteiger partial charge in [0.2, 0.25) is 0 Å². The Kier molecular flexibility index (Phi) is 3.99. The van der Waals surface area contributed by atoms with Crippen LogP contribution in [0.2, 0.25) is 0 Å². The van der Waals surface area contributed by atoms with Gasteiger partial charge in [-0.3, -0.25) is 0 Å². The molecule has 0 radical (unpaired) electrons. The largest absolute Gasteiger partial charge is 0.323 e. The minimum atomic E-state index is -0.0663. The highest BCUT2D eigenvalue weighted by Crippen LogP contribution is 2.28. The van der Waals surface area contributed by atoms with Crippen LogP contribution < -0.4 is 0 Å². The number of rotatable bonds is 4. The molecule has 1 saturated heterocycles. The first-order chi connectivity index (χ1) is 9.66. The summed E-state index contributed by atoms with van der Waals surface area (Å²) in [5.41, 5.74) is 2.24. The smallest absolute Gasteiger partial charge is 0.128 e. The average molecular weight is 292 g/mol. The highest BCUT2D eigenvalue weighted by molar-refractivity contribution is 6.20. The lowest BCUT2D eigenvalue weighted by Gasteiger charge is -2.24. The number of benzene rings is 1. The highest BCUT2D eigenvalue weighted by atomic mass is 35.5. The summed E-state index contributed by atoms with van der Waals surface area (Å²) in [5, 5.41) is -0.0663. The van der Waals surface area contributed by atoms with E-state index in [2.05, 4.69) is 34.6 Å². The first-order valence-corrected chi connectivity index (χ1v) is 7.93. The molecule has 1 aromatic heterocycles. The molecular formula is C16H22ClN3. The number of halogens is 1. The summed E-state index contributed by atoms with van der Waals surface area (Å²) in [7, 11) is 0. The number of hydrogen-bond donors (Lipinski definition) is 0. The predicted octanol–water partition coefficient (Wildman–Crippen LogP) is 3.99. The van der Waals surface area contributed by atoms with E-state index in [9.17, 15) is 0 Å². The second-order valence-electron chi connectivity index (χ2n) is 5.80. The maximum absolute atomic E-state index is 6.34. The molecule has 2 unspecified atom stereocenters. The normalized spacial score (nSPS) is 19.6. The summed E-state index contributed by atoms with van der Waals surface area (Å²) in [6, 6.07) is 8.72. The number of likely N-dealkylation sites (tertiary alicyclic amines) is 1. The van der Waals surface area contributed by atoms with E-state index in [1.54, 1.807) is 0 Å². The van der Waals surface area contributed by atoms with Crippen LogP contribution in [0.4, 0.5) is 0 Å². The molecule has 0 N–H and O–H groups in total. The second kappa shape index (κ2) is 5.74. The van der Waals surface area contributed by atoms with Crippen LogP contribution in [0, 0.1) is 0 Å². The van der Waals surface area contributed by atoms with Crippen molar-refractivity contribution >= 4 is 22.6 Å². The van der Waals surface area contributed by atoms with Crippen molar-refractivity contribution in [3.8, 4) is 0 Å². The number of aromatic nitrogens is 2. The highest BCUT2D eigenvalue weighted by Gasteiger charge is 2.21. The van der Waals surface area contributed by atoms with E-state index in [0.29, 0.717) is 6.04 Å². The van der Waals surface area contributed by atoms with Gasteiger partial charge in [-0.25, -0.2) is 4.98 Å². The summed E-state index contributed by atoms with van der Waals surface area (Å²) in [4.78, 5) is 7.26. The molecule has 0 bridgehead atoms. The van der Waals surface area contributed by atoms with Crippen LogP contribution in [0.3, 0.4) is 0 Å². The maximum Gasteiger partial charge on any atom is 0.128 e. The first-order valence-electron chi connectivity index (χ1n) is 7.50. The molecule has 3 rings (SSSR count). The standard InChI is InChI=1S/C16H22ClN3/c1-12(11-19-9-5-6-10-19)20-15-8-4-3-7-14(15)18-16(20)13(2)17/h3-4,7-8,12-13H,5-6,9-11H2,1-2H3. The van der Waals surface area contributed by atoms with Gasteiger partial charge in [0.05, 0.1) is 16.4 Å². The van der Waals surface area contributed by atoms with Crippen molar-refractivity contribution in [3.63, 3.8) is 0 Å². The van der Waals surface area contributed by atoms with Gasteiger partial charge in [0.1, 0.15) is 5.82 Å². The summed E-state index contributed by atoms with van der Waals surface area (Å²) < 4.78 is 2.32. The topological polar surface area (TPSA) is 21.1 Å². The van der Waals surface area contributed by atoms with Crippen molar-refractivity contribution in [1.82, 2.24) is 14.5 Å². The molecule has 0 saturated carbocycles. The molecule has 1 aromatic carbocycles. The van der Waals surface area contributed by atoms with Crippen molar-refractivity contribution in [1.29, 1.82) is 0 Å². The lowest BCUT2D eigenvalue weighted by Crippen LogP contribution is -2.27. The molecule has 3 nitrogen and oxygen atoms in total. The molecule has 20 heavy (non-hydrogen) atoms. The molecule has 0 aliphatic carbocycles. The number of alkyl halides is 1. The van der Waals surface area contributed by atoms with Crippen molar-refractivity contribution in [2.75, 3.05) is 19.6 Å². The Morgan fingerprint density at radius 2 is 1.90 bits per heavy atom. The van der Waals surface area contributed by atoms with Crippen LogP contribution in [-0.2, 0) is 0 Å². The van der Waals surface area contributed by atoms with Crippen molar-refractivity contribution in [2.24, 2.45) is 0 Å². The summed E-state index contributed by atoms with van der Waals surface area (Å²) in [6.07, 6.45) is 2.66. The third-order valence-corrected chi connectivity index (χ3v) is 4.34. The third kappa shape index (κ3) is 2.57. The minimum absolute atomic E-state index is 0.0663. The van der Waals surface area contributed by atoms with E-state index in [-0.39, 0.29) is 5.38 Å². The van der Waals surface area contributed by atoms with Gasteiger partial charge in [-0.1, -0.05) is 12.1 Å². The monoisotopic (exact) mass is 291 g/mol. The summed E-state index contributed by atoms with van der Waals surface area (Å²) >= 11 is 6.34. The number of imidazole rings is 1. The SMILES string of the molecule is CC(Cl)c1nc2ccccc2n1C(C)CN1CCCC1. The Morgan fingerprint density at radius 3 is 2.60 bits per heavy atom. The number of fused-ring (bicyclic) bond motifs is 1. The Hall–Kier alpha value is -1.06. The summed E-state index contributed by atoms with van der Waals surface area (Å²) in [5.74, 6) is 0.986. The van der Waals surface area contributed by atoms with Crippen molar-refractivity contribution in [2.45, 2.75) is 38.1 Å². The molecule has 0 spiro atoms. The van der Waals surface area contributed by atoms with Gasteiger partial charge in [-0.2, -0.15) is 0 Å². The van der Waals surface area contributed by atoms with Gasteiger partial charge in [0, 0.05) is 12.6 Å². The van der Waals surface area contributed by atoms with Gasteiger partial charge < -0.3 is 9.47 Å². The summed E-state index contributed by atoms with van der Waals surface area (Å²) in [6.45, 7) is 7.81. The zero-order valence-electron chi connectivity index (χ0n) is 12.2. The van der Waals surface area contributed by atoms with Crippen molar-refractivity contribution in [3.05, 3.63) is 30.1 Å². The van der Waals surface area contributed by atoms with E-state index >= 15 is 0 Å². The molecule has 0 amide bonds. The lowest BCUT2D eigenvalue weighted by atomic mass is 10.2. The first kappa shape index (κ1) is 13.9. The van der Waals surface area contributed by atoms with Crippen LogP contribution >= 0.6 is 11.6 Å². The molecule has 1 fully saturated rings. The fraction of sp³-hybridized carbons (Fsp3) is 0.562. The van der Waals surface area contributed by atoms with Crippen LogP contribution in [-0.4, -0.2) is 34.1 Å². The van der Waals surface area contributed by atoms with E-state index in [1.807, 2.05) is 13.0 Å². The zero-order valence-corrected chi connectivity index (χ0v) is 13.0. The van der Waals surface area contributed by atoms with Crippen LogP contribution in [0.5, 0.6) is 0 Å². The van der Waals surface area contributed by atoms with Gasteiger partial charge in [0.15, 0.2) is 0 Å². The van der Waals surface area contributed by atoms with Gasteiger partial charge in [-0.05, 0) is 51.9 Å². The van der Waals surface area contributed by atoms with E-state index in [0.717, 1.165) is 17.9 Å². The Labute approximate surface area is 125 Å². The van der Waals surface area contributed by atoms with Gasteiger partial charge >= 0.3 is 0 Å². The minimum Gasteiger partial charge on any atom is -0.323 e. The third-order valence-electron chi connectivity index (χ3n) is 4.14. The molecule has 1 aliphatic heterocycles. The zero-order chi connectivity index (χ0) is 14.1. The average Bonchev–Trinajstić information content (AvgIpc) is 3.04. The van der Waals surface area contributed by atoms with Gasteiger partial charge in [-0.15, -0.1) is 11.6 Å². The fourth-order valence-corrected chi connectivity index (χ4v) is 3.38. The Morgan fingerprint density at radius 1 is 1.20 bits per heavy atom. The Bertz CT molecular complexity index is 584. The molecule has 2 aromatic rings. The lowest BCUT2D eigenvalue weighted by molar-refractivity contribution is 0.287. The molecule has 1 aliphatic rings. The number of nitrogens with zero attached hydrogens (tertiary/aromatic N) is 3. The molecular weight excluding hydrogens is 270 g/mol. The predicted molar refractivity (Wildman–Crippen MR) is 84.4 cm³/mol. The van der Waals surface area contributed by atoms with Crippen LogP contribution in [0.1, 0.15) is 43.9 Å². The number of para-hydroxylation sites is 2. The molecule has 108 valence electrons.